The monoisotopic (exact) mass is 174 g/mol. The van der Waals surface area contributed by atoms with E-state index in [0.717, 1.165) is 30.5 Å². The Hall–Kier alpha value is -1.56. The number of nitrogens with one attached hydrogen (secondary N) is 1. The van der Waals surface area contributed by atoms with E-state index < -0.39 is 0 Å². The normalized spacial score (nSPS) is 13.8. The van der Waals surface area contributed by atoms with E-state index in [9.17, 15) is 4.79 Å². The molecule has 1 aromatic heterocycles. The van der Waals surface area contributed by atoms with Crippen molar-refractivity contribution in [2.45, 2.75) is 26.2 Å². The second kappa shape index (κ2) is 2.74. The molecule has 1 heterocycles. The van der Waals surface area contributed by atoms with E-state index in [0.29, 0.717) is 5.56 Å². The number of hydrogen-bond donors (Lipinski definition) is 1. The van der Waals surface area contributed by atoms with Crippen LogP contribution in [0.2, 0.25) is 0 Å². The summed E-state index contributed by atoms with van der Waals surface area (Å²) in [7, 11) is 0. The zero-order valence-corrected chi connectivity index (χ0v) is 7.48. The minimum absolute atomic E-state index is 0.236. The van der Waals surface area contributed by atoms with Crippen LogP contribution in [0.25, 0.3) is 0 Å². The van der Waals surface area contributed by atoms with Gasteiger partial charge in [-0.25, -0.2) is 0 Å². The fourth-order valence-corrected chi connectivity index (χ4v) is 2.00. The molecule has 0 fully saturated rings. The molecule has 0 radical (unpaired) electrons. The van der Waals surface area contributed by atoms with Gasteiger partial charge in [-0.2, -0.15) is 5.26 Å². The Morgan fingerprint density at radius 2 is 2.08 bits per heavy atom. The van der Waals surface area contributed by atoms with E-state index in [1.165, 1.54) is 5.56 Å². The predicted molar refractivity (Wildman–Crippen MR) is 48.5 cm³/mol. The summed E-state index contributed by atoms with van der Waals surface area (Å²) >= 11 is 0. The Kier molecular flexibility index (Phi) is 1.70. The molecule has 13 heavy (non-hydrogen) atoms. The molecule has 0 bridgehead atoms. The van der Waals surface area contributed by atoms with Gasteiger partial charge in [-0.1, -0.05) is 0 Å². The van der Waals surface area contributed by atoms with E-state index in [-0.39, 0.29) is 5.56 Å². The molecule has 1 aromatic rings. The van der Waals surface area contributed by atoms with E-state index in [4.69, 9.17) is 5.26 Å². The lowest BCUT2D eigenvalue weighted by Gasteiger charge is -2.03. The van der Waals surface area contributed by atoms with Crippen LogP contribution in [0.1, 0.15) is 28.8 Å². The second-order valence-electron chi connectivity index (χ2n) is 3.38. The van der Waals surface area contributed by atoms with Crippen LogP contribution < -0.4 is 5.56 Å². The van der Waals surface area contributed by atoms with Gasteiger partial charge >= 0.3 is 0 Å². The van der Waals surface area contributed by atoms with Crippen molar-refractivity contribution in [1.82, 2.24) is 4.98 Å². The van der Waals surface area contributed by atoms with Crippen molar-refractivity contribution in [1.29, 1.82) is 5.26 Å². The lowest BCUT2D eigenvalue weighted by atomic mass is 10.1. The van der Waals surface area contributed by atoms with Crippen molar-refractivity contribution >= 4 is 0 Å². The maximum absolute atomic E-state index is 11.4. The van der Waals surface area contributed by atoms with Crippen molar-refractivity contribution in [3.8, 4) is 6.07 Å². The van der Waals surface area contributed by atoms with Gasteiger partial charge in [0, 0.05) is 5.69 Å². The molecule has 0 saturated heterocycles. The number of aromatic nitrogens is 1. The molecule has 1 aliphatic rings. The van der Waals surface area contributed by atoms with Gasteiger partial charge in [-0.05, 0) is 37.3 Å². The maximum Gasteiger partial charge on any atom is 0.266 e. The predicted octanol–water partition coefficient (Wildman–Crippen LogP) is 1.04. The molecule has 0 aliphatic heterocycles. The van der Waals surface area contributed by atoms with Crippen LogP contribution in [0.15, 0.2) is 4.79 Å². The van der Waals surface area contributed by atoms with Crippen molar-refractivity contribution in [3.05, 3.63) is 32.7 Å². The number of hydrogen-bond acceptors (Lipinski definition) is 2. The number of nitrogens with zero attached hydrogens (tertiary/aromatic N) is 1. The summed E-state index contributed by atoms with van der Waals surface area (Å²) in [4.78, 5) is 14.1. The summed E-state index contributed by atoms with van der Waals surface area (Å²) in [6.07, 6.45) is 2.93. The molecule has 0 unspecified atom stereocenters. The molecule has 1 N–H and O–H groups in total. The van der Waals surface area contributed by atoms with Gasteiger partial charge in [-0.15, -0.1) is 0 Å². The third-order valence-corrected chi connectivity index (χ3v) is 2.61. The quantitative estimate of drug-likeness (QED) is 0.639. The Morgan fingerprint density at radius 3 is 2.77 bits per heavy atom. The zero-order chi connectivity index (χ0) is 9.42. The molecule has 0 atom stereocenters. The third kappa shape index (κ3) is 1.06. The second-order valence-corrected chi connectivity index (χ2v) is 3.38. The number of aromatic amines is 1. The first-order valence-electron chi connectivity index (χ1n) is 4.38. The van der Waals surface area contributed by atoms with Crippen LogP contribution in [-0.4, -0.2) is 4.98 Å². The molecular weight excluding hydrogens is 164 g/mol. The number of aryl methyl sites for hydroxylation is 1. The van der Waals surface area contributed by atoms with Gasteiger partial charge in [0.1, 0.15) is 11.6 Å². The topological polar surface area (TPSA) is 56.6 Å². The molecule has 1 aliphatic carbocycles. The average Bonchev–Trinajstić information content (AvgIpc) is 2.53. The van der Waals surface area contributed by atoms with Crippen molar-refractivity contribution in [2.75, 3.05) is 0 Å². The third-order valence-electron chi connectivity index (χ3n) is 2.61. The standard InChI is InChI=1S/C10H10N2O/c1-6-7-3-2-4-8(7)9(5-11)10(13)12-6/h2-4H2,1H3,(H,12,13). The van der Waals surface area contributed by atoms with Crippen LogP contribution in [0.3, 0.4) is 0 Å². The summed E-state index contributed by atoms with van der Waals surface area (Å²) in [6, 6.07) is 1.98. The van der Waals surface area contributed by atoms with Gasteiger partial charge in [0.25, 0.3) is 5.56 Å². The molecule has 3 nitrogen and oxygen atoms in total. The van der Waals surface area contributed by atoms with Gasteiger partial charge in [0.05, 0.1) is 0 Å². The van der Waals surface area contributed by atoms with E-state index >= 15 is 0 Å². The Labute approximate surface area is 76.0 Å². The first-order chi connectivity index (χ1) is 6.24. The van der Waals surface area contributed by atoms with Gasteiger partial charge in [-0.3, -0.25) is 4.79 Å². The van der Waals surface area contributed by atoms with E-state index in [1.54, 1.807) is 0 Å². The summed E-state index contributed by atoms with van der Waals surface area (Å²) in [5, 5.41) is 8.80. The molecule has 2 rings (SSSR count). The van der Waals surface area contributed by atoms with Crippen LogP contribution in [0.5, 0.6) is 0 Å². The number of nitriles is 1. The van der Waals surface area contributed by atoms with E-state index in [1.807, 2.05) is 13.0 Å². The highest BCUT2D eigenvalue weighted by Crippen LogP contribution is 2.24. The Bertz CT molecular complexity index is 451. The van der Waals surface area contributed by atoms with Gasteiger partial charge < -0.3 is 4.98 Å². The molecule has 0 amide bonds. The summed E-state index contributed by atoms with van der Waals surface area (Å²) in [6.45, 7) is 1.90. The number of fused-ring (bicyclic) bond motifs is 1. The largest absolute Gasteiger partial charge is 0.325 e. The SMILES string of the molecule is Cc1[nH]c(=O)c(C#N)c2c1CCC2. The Balaban J connectivity index is 2.82. The number of rotatable bonds is 0. The minimum atomic E-state index is -0.236. The average molecular weight is 174 g/mol. The van der Waals surface area contributed by atoms with Crippen LogP contribution in [-0.2, 0) is 12.8 Å². The highest BCUT2D eigenvalue weighted by molar-refractivity contribution is 5.45. The number of H-pyrrole nitrogens is 1. The van der Waals surface area contributed by atoms with Crippen molar-refractivity contribution in [3.63, 3.8) is 0 Å². The fraction of sp³-hybridized carbons (Fsp3) is 0.400. The van der Waals surface area contributed by atoms with Crippen molar-refractivity contribution in [2.24, 2.45) is 0 Å². The lowest BCUT2D eigenvalue weighted by Crippen LogP contribution is -2.15. The van der Waals surface area contributed by atoms with E-state index in [2.05, 4.69) is 4.98 Å². The molecule has 3 heteroatoms. The highest BCUT2D eigenvalue weighted by atomic mass is 16.1. The molecule has 66 valence electrons. The van der Waals surface area contributed by atoms with Crippen LogP contribution in [0, 0.1) is 18.3 Å². The Morgan fingerprint density at radius 1 is 1.38 bits per heavy atom. The molecule has 0 spiro atoms. The van der Waals surface area contributed by atoms with Crippen molar-refractivity contribution < 1.29 is 0 Å². The first-order valence-corrected chi connectivity index (χ1v) is 4.38. The summed E-state index contributed by atoms with van der Waals surface area (Å²) in [5.41, 5.74) is 3.16. The van der Waals surface area contributed by atoms with Gasteiger partial charge in [0.2, 0.25) is 0 Å². The smallest absolute Gasteiger partial charge is 0.266 e. The highest BCUT2D eigenvalue weighted by Gasteiger charge is 2.19. The zero-order valence-electron chi connectivity index (χ0n) is 7.48. The van der Waals surface area contributed by atoms with Gasteiger partial charge in [0.15, 0.2) is 0 Å². The summed E-state index contributed by atoms with van der Waals surface area (Å²) in [5.74, 6) is 0. The summed E-state index contributed by atoms with van der Waals surface area (Å²) < 4.78 is 0. The fourth-order valence-electron chi connectivity index (χ4n) is 2.00. The molecular formula is C10H10N2O. The van der Waals surface area contributed by atoms with Crippen LogP contribution >= 0.6 is 0 Å². The number of pyridine rings is 1. The van der Waals surface area contributed by atoms with Crippen LogP contribution in [0.4, 0.5) is 0 Å². The minimum Gasteiger partial charge on any atom is -0.325 e. The lowest BCUT2D eigenvalue weighted by molar-refractivity contribution is 0.906. The molecule has 0 aromatic carbocycles. The first kappa shape index (κ1) is 8.06. The molecule has 0 saturated carbocycles. The maximum atomic E-state index is 11.4.